The average Bonchev–Trinajstić information content (AvgIpc) is 3.08. The zero-order valence-corrected chi connectivity index (χ0v) is 30.2. The fraction of sp³-hybridized carbons (Fsp3) is 0.395. The second-order valence-corrected chi connectivity index (χ2v) is 20.4. The lowest BCUT2D eigenvalue weighted by Crippen LogP contribution is -2.65. The van der Waals surface area contributed by atoms with Crippen LogP contribution >= 0.6 is 0 Å². The maximum Gasteiger partial charge on any atom is 0.225 e. The van der Waals surface area contributed by atoms with Gasteiger partial charge in [0.25, 0.3) is 0 Å². The predicted octanol–water partition coefficient (Wildman–Crippen LogP) is 7.36. The number of benzene rings is 3. The van der Waals surface area contributed by atoms with Gasteiger partial charge in [-0.3, -0.25) is 0 Å². The highest BCUT2D eigenvalue weighted by molar-refractivity contribution is 7.91. The van der Waals surface area contributed by atoms with E-state index in [9.17, 15) is 8.42 Å². The van der Waals surface area contributed by atoms with Crippen LogP contribution in [0.15, 0.2) is 120 Å². The van der Waals surface area contributed by atoms with Crippen molar-refractivity contribution in [3.63, 3.8) is 0 Å². The molecule has 0 N–H and O–H groups in total. The highest BCUT2D eigenvalue weighted by Gasteiger charge is 2.56. The molecule has 0 spiro atoms. The van der Waals surface area contributed by atoms with Gasteiger partial charge < -0.3 is 23.4 Å². The van der Waals surface area contributed by atoms with Gasteiger partial charge in [-0.25, -0.2) is 13.4 Å². The first-order valence-corrected chi connectivity index (χ1v) is 20.8. The Kier molecular flexibility index (Phi) is 12.0. The van der Waals surface area contributed by atoms with Gasteiger partial charge in [-0.1, -0.05) is 118 Å². The first-order chi connectivity index (χ1) is 23.0. The molecule has 0 amide bonds. The first kappa shape index (κ1) is 36.1. The van der Waals surface area contributed by atoms with Gasteiger partial charge in [0.2, 0.25) is 9.84 Å². The zero-order valence-electron chi connectivity index (χ0n) is 28.4. The molecule has 0 aliphatic carbocycles. The molecule has 48 heavy (non-hydrogen) atoms. The Morgan fingerprint density at radius 1 is 0.688 bits per heavy atom. The molecular formula is C38H47NO7SSi. The van der Waals surface area contributed by atoms with E-state index in [1.54, 1.807) is 12.1 Å². The summed E-state index contributed by atoms with van der Waals surface area (Å²) in [6.07, 6.45) is -1.91. The smallest absolute Gasteiger partial charge is 0.225 e. The fourth-order valence-electron chi connectivity index (χ4n) is 5.33. The molecule has 5 rings (SSSR count). The van der Waals surface area contributed by atoms with Gasteiger partial charge in [0.05, 0.1) is 26.4 Å². The normalized spacial score (nSPS) is 22.0. The Bertz CT molecular complexity index is 1650. The summed E-state index contributed by atoms with van der Waals surface area (Å²) in [7, 11) is -6.78. The summed E-state index contributed by atoms with van der Waals surface area (Å²) in [5, 5.41) is -0.319. The highest BCUT2D eigenvalue weighted by atomic mass is 32.2. The van der Waals surface area contributed by atoms with Crippen molar-refractivity contribution < 1.29 is 31.8 Å². The summed E-state index contributed by atoms with van der Waals surface area (Å²) in [4.78, 5) is 4.23. The minimum absolute atomic E-state index is 0.0700. The number of hydrogen-bond acceptors (Lipinski definition) is 8. The summed E-state index contributed by atoms with van der Waals surface area (Å²) in [5.41, 5.74) is 1.47. The van der Waals surface area contributed by atoms with E-state index in [1.807, 2.05) is 91.0 Å². The fourth-order valence-corrected chi connectivity index (χ4v) is 8.29. The van der Waals surface area contributed by atoms with Gasteiger partial charge in [0.15, 0.2) is 18.8 Å². The molecule has 10 heteroatoms. The standard InChI is InChI=1S/C38H47NO7SSi/c1-38(2,3)48(4,5)46-36-35(44-27-31-21-13-8-14-22-31)34(43-26-30-19-11-7-12-20-30)32(28-42-25-29-17-9-6-10-18-29)45-37(36)47(40,41)33-23-15-16-24-39-33/h6-24,32,34-37H,25-28H2,1-5H3/t32-,34-,35+,36-,37+/m1/s1. The van der Waals surface area contributed by atoms with Crippen LogP contribution in [0.4, 0.5) is 0 Å². The minimum atomic E-state index is -4.17. The van der Waals surface area contributed by atoms with Crippen molar-refractivity contribution in [2.45, 2.75) is 93.6 Å². The highest BCUT2D eigenvalue weighted by Crippen LogP contribution is 2.42. The van der Waals surface area contributed by atoms with E-state index in [-0.39, 0.29) is 29.9 Å². The van der Waals surface area contributed by atoms with E-state index >= 15 is 0 Å². The van der Waals surface area contributed by atoms with Crippen molar-refractivity contribution in [2.24, 2.45) is 0 Å². The molecule has 1 aliphatic rings. The molecule has 3 aromatic carbocycles. The molecule has 1 aliphatic heterocycles. The molecule has 1 aromatic heterocycles. The lowest BCUT2D eigenvalue weighted by molar-refractivity contribution is -0.241. The number of ether oxygens (including phenoxy) is 4. The first-order valence-electron chi connectivity index (χ1n) is 16.4. The number of pyridine rings is 1. The van der Waals surface area contributed by atoms with Crippen LogP contribution in [0.5, 0.6) is 0 Å². The summed E-state index contributed by atoms with van der Waals surface area (Å²) in [6.45, 7) is 11.4. The van der Waals surface area contributed by atoms with E-state index in [1.165, 1.54) is 12.3 Å². The Morgan fingerprint density at radius 2 is 1.19 bits per heavy atom. The van der Waals surface area contributed by atoms with E-state index in [0.29, 0.717) is 6.61 Å². The third kappa shape index (κ3) is 9.06. The molecule has 0 bridgehead atoms. The number of nitrogens with zero attached hydrogens (tertiary/aromatic N) is 1. The van der Waals surface area contributed by atoms with Gasteiger partial charge in [0.1, 0.15) is 24.4 Å². The Labute approximate surface area is 286 Å². The Hall–Kier alpha value is -3.22. The van der Waals surface area contributed by atoms with Gasteiger partial charge in [-0.15, -0.1) is 0 Å². The number of sulfone groups is 1. The van der Waals surface area contributed by atoms with Crippen molar-refractivity contribution in [3.05, 3.63) is 132 Å². The monoisotopic (exact) mass is 689 g/mol. The topological polar surface area (TPSA) is 93.2 Å². The molecule has 1 fully saturated rings. The van der Waals surface area contributed by atoms with E-state index in [4.69, 9.17) is 23.4 Å². The van der Waals surface area contributed by atoms with Crippen LogP contribution in [0.1, 0.15) is 37.5 Å². The number of rotatable bonds is 14. The van der Waals surface area contributed by atoms with Crippen LogP contribution < -0.4 is 0 Å². The third-order valence-corrected chi connectivity index (χ3v) is 15.3. The molecule has 0 radical (unpaired) electrons. The molecule has 2 heterocycles. The SMILES string of the molecule is CC(C)(C)[Si](C)(C)O[C@@H]1[C@@H](OCc2ccccc2)[C@H](OCc2ccccc2)[C@@H](COCc2ccccc2)O[C@H]1S(=O)(=O)c1ccccn1. The molecule has 8 nitrogen and oxygen atoms in total. The van der Waals surface area contributed by atoms with Gasteiger partial charge in [-0.05, 0) is 47.0 Å². The van der Waals surface area contributed by atoms with Crippen LogP contribution in [0.3, 0.4) is 0 Å². The maximum atomic E-state index is 14.5. The second kappa shape index (κ2) is 16.0. The van der Waals surface area contributed by atoms with Crippen molar-refractivity contribution in [1.29, 1.82) is 0 Å². The van der Waals surface area contributed by atoms with Crippen molar-refractivity contribution in [1.82, 2.24) is 4.98 Å². The van der Waals surface area contributed by atoms with Crippen LogP contribution in [-0.2, 0) is 53.0 Å². The van der Waals surface area contributed by atoms with Crippen molar-refractivity contribution in [2.75, 3.05) is 6.61 Å². The summed E-state index contributed by atoms with van der Waals surface area (Å²) < 4.78 is 62.3. The second-order valence-electron chi connectivity index (χ2n) is 13.6. The Balaban J connectivity index is 1.57. The Morgan fingerprint density at radius 3 is 1.69 bits per heavy atom. The number of hydrogen-bond donors (Lipinski definition) is 0. The third-order valence-electron chi connectivity index (χ3n) is 9.03. The lowest BCUT2D eigenvalue weighted by Gasteiger charge is -2.49. The summed E-state index contributed by atoms with van der Waals surface area (Å²) >= 11 is 0. The van der Waals surface area contributed by atoms with Crippen LogP contribution in [-0.4, -0.2) is 58.2 Å². The summed E-state index contributed by atoms with van der Waals surface area (Å²) in [5.74, 6) is 0. The van der Waals surface area contributed by atoms with E-state index in [2.05, 4.69) is 38.8 Å². The lowest BCUT2D eigenvalue weighted by atomic mass is 9.99. The molecular weight excluding hydrogens is 643 g/mol. The quantitative estimate of drug-likeness (QED) is 0.127. The molecule has 4 aromatic rings. The van der Waals surface area contributed by atoms with Gasteiger partial charge >= 0.3 is 0 Å². The van der Waals surface area contributed by atoms with Crippen LogP contribution in [0, 0.1) is 0 Å². The summed E-state index contributed by atoms with van der Waals surface area (Å²) in [6, 6.07) is 34.3. The predicted molar refractivity (Wildman–Crippen MR) is 188 cm³/mol. The van der Waals surface area contributed by atoms with E-state index < -0.39 is 48.0 Å². The molecule has 5 atom stereocenters. The number of aromatic nitrogens is 1. The van der Waals surface area contributed by atoms with E-state index in [0.717, 1.165) is 16.7 Å². The minimum Gasteiger partial charge on any atom is -0.407 e. The zero-order chi connectivity index (χ0) is 34.2. The molecule has 1 saturated heterocycles. The van der Waals surface area contributed by atoms with Crippen molar-refractivity contribution >= 4 is 18.2 Å². The van der Waals surface area contributed by atoms with Crippen LogP contribution in [0.2, 0.25) is 18.1 Å². The maximum absolute atomic E-state index is 14.5. The largest absolute Gasteiger partial charge is 0.407 e. The van der Waals surface area contributed by atoms with Crippen molar-refractivity contribution in [3.8, 4) is 0 Å². The van der Waals surface area contributed by atoms with Crippen LogP contribution in [0.25, 0.3) is 0 Å². The molecule has 256 valence electrons. The average molecular weight is 690 g/mol. The molecule has 0 saturated carbocycles. The molecule has 0 unspecified atom stereocenters. The van der Waals surface area contributed by atoms with Gasteiger partial charge in [0, 0.05) is 6.20 Å². The van der Waals surface area contributed by atoms with Gasteiger partial charge in [-0.2, -0.15) is 0 Å².